The largest absolute Gasteiger partial charge is 0.320 e. The highest BCUT2D eigenvalue weighted by molar-refractivity contribution is 7.89. The topological polar surface area (TPSA) is 87.2 Å². The Morgan fingerprint density at radius 2 is 2.14 bits per heavy atom. The van der Waals surface area contributed by atoms with E-state index in [1.165, 1.54) is 4.31 Å². The van der Waals surface area contributed by atoms with E-state index in [-0.39, 0.29) is 30.4 Å². The second-order valence-corrected chi connectivity index (χ2v) is 6.68. The number of benzene rings is 1. The molecule has 0 amide bonds. The minimum Gasteiger partial charge on any atom is -0.320 e. The van der Waals surface area contributed by atoms with Gasteiger partial charge in [-0.2, -0.15) is 9.57 Å². The predicted octanol–water partition coefficient (Wildman–Crippen LogP) is 1.06. The van der Waals surface area contributed by atoms with E-state index >= 15 is 0 Å². The Kier molecular flexibility index (Phi) is 4.98. The summed E-state index contributed by atoms with van der Waals surface area (Å²) in [4.78, 5) is 0.219. The van der Waals surface area contributed by atoms with E-state index in [0.29, 0.717) is 5.56 Å². The molecule has 1 saturated carbocycles. The molecule has 21 heavy (non-hydrogen) atoms. The fourth-order valence-electron chi connectivity index (χ4n) is 2.04. The molecule has 0 heterocycles. The first-order valence-electron chi connectivity index (χ1n) is 6.77. The second kappa shape index (κ2) is 6.73. The van der Waals surface area contributed by atoms with Crippen LogP contribution in [0.2, 0.25) is 0 Å². The molecule has 5 nitrogen and oxygen atoms in total. The van der Waals surface area contributed by atoms with Crippen LogP contribution < -0.4 is 5.73 Å². The smallest absolute Gasteiger partial charge is 0.243 e. The number of sulfonamides is 1. The Balaban J connectivity index is 2.31. The van der Waals surface area contributed by atoms with Gasteiger partial charge in [-0.25, -0.2) is 8.42 Å². The average Bonchev–Trinajstić information content (AvgIpc) is 3.30. The van der Waals surface area contributed by atoms with Crippen molar-refractivity contribution in [1.82, 2.24) is 4.31 Å². The predicted molar refractivity (Wildman–Crippen MR) is 79.5 cm³/mol. The quantitative estimate of drug-likeness (QED) is 0.824. The lowest BCUT2D eigenvalue weighted by molar-refractivity contribution is 0.411. The summed E-state index contributed by atoms with van der Waals surface area (Å²) < 4.78 is 26.8. The van der Waals surface area contributed by atoms with Crippen molar-refractivity contribution in [2.75, 3.05) is 13.1 Å². The third-order valence-electron chi connectivity index (χ3n) is 3.17. The van der Waals surface area contributed by atoms with Crippen LogP contribution >= 0.6 is 0 Å². The highest BCUT2D eigenvalue weighted by Gasteiger charge is 2.37. The van der Waals surface area contributed by atoms with Crippen LogP contribution in [0.15, 0.2) is 29.2 Å². The molecule has 1 aliphatic rings. The summed E-state index contributed by atoms with van der Waals surface area (Å²) in [6.45, 7) is 0.468. The average molecular weight is 303 g/mol. The van der Waals surface area contributed by atoms with Crippen molar-refractivity contribution in [2.24, 2.45) is 5.73 Å². The van der Waals surface area contributed by atoms with Gasteiger partial charge in [-0.05, 0) is 31.0 Å². The van der Waals surface area contributed by atoms with E-state index in [9.17, 15) is 8.42 Å². The van der Waals surface area contributed by atoms with Crippen molar-refractivity contribution in [3.8, 4) is 17.9 Å². The Labute approximate surface area is 125 Å². The van der Waals surface area contributed by atoms with E-state index in [1.54, 1.807) is 24.3 Å². The fraction of sp³-hybridized carbons (Fsp3) is 0.400. The zero-order valence-electron chi connectivity index (χ0n) is 11.6. The molecule has 0 saturated heterocycles. The van der Waals surface area contributed by atoms with Crippen LogP contribution in [0.5, 0.6) is 0 Å². The summed E-state index contributed by atoms with van der Waals surface area (Å²) in [5.41, 5.74) is 5.94. The van der Waals surface area contributed by atoms with Gasteiger partial charge in [-0.1, -0.05) is 17.9 Å². The highest BCUT2D eigenvalue weighted by Crippen LogP contribution is 2.32. The van der Waals surface area contributed by atoms with E-state index < -0.39 is 10.0 Å². The first-order valence-corrected chi connectivity index (χ1v) is 8.21. The zero-order chi connectivity index (χ0) is 15.3. The lowest BCUT2D eigenvalue weighted by Gasteiger charge is -2.20. The molecule has 0 aromatic heterocycles. The Morgan fingerprint density at radius 1 is 1.38 bits per heavy atom. The normalized spacial score (nSPS) is 14.3. The molecule has 1 aromatic carbocycles. The van der Waals surface area contributed by atoms with Gasteiger partial charge in [0, 0.05) is 24.6 Å². The number of nitrogens with zero attached hydrogens (tertiary/aromatic N) is 2. The molecule has 0 radical (unpaired) electrons. The van der Waals surface area contributed by atoms with Gasteiger partial charge in [0.25, 0.3) is 0 Å². The van der Waals surface area contributed by atoms with Crippen molar-refractivity contribution in [3.63, 3.8) is 0 Å². The number of nitriles is 1. The van der Waals surface area contributed by atoms with Crippen molar-refractivity contribution >= 4 is 10.0 Å². The van der Waals surface area contributed by atoms with E-state index in [1.807, 2.05) is 6.07 Å². The number of nitrogens with two attached hydrogens (primary N) is 1. The van der Waals surface area contributed by atoms with E-state index in [2.05, 4.69) is 11.8 Å². The Morgan fingerprint density at radius 3 is 2.76 bits per heavy atom. The molecular formula is C15H17N3O2S. The van der Waals surface area contributed by atoms with E-state index in [4.69, 9.17) is 11.0 Å². The molecule has 1 aliphatic carbocycles. The lowest BCUT2D eigenvalue weighted by atomic mass is 10.2. The van der Waals surface area contributed by atoms with Gasteiger partial charge >= 0.3 is 0 Å². The monoisotopic (exact) mass is 303 g/mol. The third kappa shape index (κ3) is 3.83. The summed E-state index contributed by atoms with van der Waals surface area (Å²) in [7, 11) is -3.57. The molecule has 1 fully saturated rings. The lowest BCUT2D eigenvalue weighted by Crippen LogP contribution is -2.34. The maximum Gasteiger partial charge on any atom is 0.243 e. The molecule has 2 rings (SSSR count). The first-order chi connectivity index (χ1) is 10.1. The van der Waals surface area contributed by atoms with Crippen LogP contribution in [-0.2, 0) is 10.0 Å². The first kappa shape index (κ1) is 15.5. The van der Waals surface area contributed by atoms with Gasteiger partial charge in [0.15, 0.2) is 0 Å². The van der Waals surface area contributed by atoms with Gasteiger partial charge < -0.3 is 5.73 Å². The molecule has 1 aromatic rings. The number of hydrogen-bond donors (Lipinski definition) is 1. The summed E-state index contributed by atoms with van der Waals surface area (Å²) >= 11 is 0. The second-order valence-electron chi connectivity index (χ2n) is 4.79. The van der Waals surface area contributed by atoms with E-state index in [0.717, 1.165) is 12.8 Å². The minimum atomic E-state index is -3.57. The van der Waals surface area contributed by atoms with Crippen LogP contribution in [0.1, 0.15) is 24.8 Å². The number of rotatable bonds is 5. The minimum absolute atomic E-state index is 0.0298. The molecule has 0 atom stereocenters. The fourth-order valence-corrected chi connectivity index (χ4v) is 3.78. The van der Waals surface area contributed by atoms with Crippen LogP contribution in [0.25, 0.3) is 0 Å². The molecule has 110 valence electrons. The molecule has 0 unspecified atom stereocenters. The number of hydrogen-bond acceptors (Lipinski definition) is 4. The van der Waals surface area contributed by atoms with Crippen molar-refractivity contribution in [3.05, 3.63) is 29.8 Å². The Hall–Kier alpha value is -1.86. The molecule has 2 N–H and O–H groups in total. The highest BCUT2D eigenvalue weighted by atomic mass is 32.2. The summed E-state index contributed by atoms with van der Waals surface area (Å²) in [5, 5.41) is 8.69. The van der Waals surface area contributed by atoms with Crippen LogP contribution in [0.3, 0.4) is 0 Å². The molecular weight excluding hydrogens is 286 g/mol. The zero-order valence-corrected chi connectivity index (χ0v) is 12.4. The van der Waals surface area contributed by atoms with Crippen molar-refractivity contribution in [2.45, 2.75) is 30.2 Å². The maximum absolute atomic E-state index is 12.7. The maximum atomic E-state index is 12.7. The SMILES string of the molecule is N#CCCN(C1CC1)S(=O)(=O)c1cccc(C#CCN)c1. The standard InChI is InChI=1S/C15H17N3O2S/c16-9-2-5-13-4-1-6-15(12-13)21(19,20)18(11-3-10-17)14-7-8-14/h1,4,6,12,14H,3,7-9,11,16H2. The van der Waals surface area contributed by atoms with Crippen molar-refractivity contribution in [1.29, 1.82) is 5.26 Å². The summed E-state index contributed by atoms with van der Waals surface area (Å²) in [6.07, 6.45) is 1.91. The van der Waals surface area contributed by atoms with Gasteiger partial charge in [0.2, 0.25) is 10.0 Å². The summed E-state index contributed by atoms with van der Waals surface area (Å²) in [6, 6.07) is 8.56. The van der Waals surface area contributed by atoms with Gasteiger partial charge in [-0.15, -0.1) is 0 Å². The van der Waals surface area contributed by atoms with Crippen LogP contribution in [0.4, 0.5) is 0 Å². The Bertz CT molecular complexity index is 706. The van der Waals surface area contributed by atoms with Crippen molar-refractivity contribution < 1.29 is 8.42 Å². The van der Waals surface area contributed by atoms with Crippen LogP contribution in [-0.4, -0.2) is 31.9 Å². The third-order valence-corrected chi connectivity index (χ3v) is 5.12. The molecule has 0 aliphatic heterocycles. The van der Waals surface area contributed by atoms with Gasteiger partial charge in [0.1, 0.15) is 0 Å². The van der Waals surface area contributed by atoms with Gasteiger partial charge in [0.05, 0.1) is 17.5 Å². The molecule has 6 heteroatoms. The molecule has 0 spiro atoms. The summed E-state index contributed by atoms with van der Waals surface area (Å²) in [5.74, 6) is 5.54. The molecule has 0 bridgehead atoms. The van der Waals surface area contributed by atoms with Gasteiger partial charge in [-0.3, -0.25) is 0 Å². The van der Waals surface area contributed by atoms with Crippen LogP contribution in [0, 0.1) is 23.2 Å².